The van der Waals surface area contributed by atoms with E-state index in [1.165, 1.54) is 0 Å². The number of amidine groups is 1. The number of nitrogens with zero attached hydrogens (tertiary/aromatic N) is 2. The van der Waals surface area contributed by atoms with Gasteiger partial charge in [-0.3, -0.25) is 4.99 Å². The molecule has 25 heavy (non-hydrogen) atoms. The summed E-state index contributed by atoms with van der Waals surface area (Å²) in [5.41, 5.74) is 2.72. The quantitative estimate of drug-likeness (QED) is 0.689. The Labute approximate surface area is 160 Å². The normalized spacial score (nSPS) is 19.4. The van der Waals surface area contributed by atoms with Crippen molar-refractivity contribution in [1.82, 2.24) is 0 Å². The van der Waals surface area contributed by atoms with Crippen molar-refractivity contribution < 1.29 is 4.79 Å². The number of hydrogen-bond donors (Lipinski definition) is 1. The molecule has 0 radical (unpaired) electrons. The molecule has 2 aromatic rings. The highest BCUT2D eigenvalue weighted by Gasteiger charge is 2.36. The molecule has 4 nitrogen and oxygen atoms in total. The minimum absolute atomic E-state index is 0.0364. The van der Waals surface area contributed by atoms with Gasteiger partial charge in [-0.15, -0.1) is 0 Å². The number of hydrogen-bond acceptors (Lipinski definition) is 3. The van der Waals surface area contributed by atoms with Crippen LogP contribution < -0.4 is 10.2 Å². The second-order valence-corrected chi connectivity index (χ2v) is 8.37. The zero-order valence-electron chi connectivity index (χ0n) is 14.2. The number of rotatable bonds is 3. The summed E-state index contributed by atoms with van der Waals surface area (Å²) >= 11 is 5.18. The number of aryl methyl sites for hydroxylation is 1. The van der Waals surface area contributed by atoms with E-state index in [-0.39, 0.29) is 10.8 Å². The predicted octanol–water partition coefficient (Wildman–Crippen LogP) is 5.29. The van der Waals surface area contributed by atoms with Gasteiger partial charge in [0.05, 0.1) is 17.0 Å². The van der Waals surface area contributed by atoms with Crippen LogP contribution in [0.3, 0.4) is 0 Å². The van der Waals surface area contributed by atoms with Gasteiger partial charge < -0.3 is 5.32 Å². The lowest BCUT2D eigenvalue weighted by Crippen LogP contribution is -2.39. The maximum absolute atomic E-state index is 13.0. The number of para-hydroxylation sites is 1. The molecule has 0 aliphatic carbocycles. The summed E-state index contributed by atoms with van der Waals surface area (Å²) in [4.78, 5) is 19.3. The fraction of sp³-hybridized carbons (Fsp3) is 0.263. The Morgan fingerprint density at radius 1 is 1.24 bits per heavy atom. The number of carbonyl (C=O) groups excluding carboxylic acids is 1. The van der Waals surface area contributed by atoms with Crippen LogP contribution >= 0.6 is 27.7 Å². The number of alkyl halides is 1. The van der Waals surface area contributed by atoms with Crippen LogP contribution in [0.2, 0.25) is 0 Å². The van der Waals surface area contributed by atoms with E-state index in [0.29, 0.717) is 6.54 Å². The maximum Gasteiger partial charge on any atom is 0.332 e. The second-order valence-electron chi connectivity index (χ2n) is 6.25. The minimum atomic E-state index is -0.208. The molecule has 0 spiro atoms. The molecule has 130 valence electrons. The molecule has 0 saturated heterocycles. The van der Waals surface area contributed by atoms with Crippen LogP contribution in [-0.2, 0) is 0 Å². The van der Waals surface area contributed by atoms with Crippen molar-refractivity contribution in [2.45, 2.75) is 18.6 Å². The average molecular weight is 418 g/mol. The number of thioether (sulfide) groups is 1. The van der Waals surface area contributed by atoms with Crippen LogP contribution in [0.4, 0.5) is 16.2 Å². The molecular weight excluding hydrogens is 398 g/mol. The lowest BCUT2D eigenvalue weighted by atomic mass is 10.2. The first-order chi connectivity index (χ1) is 12.0. The molecule has 1 heterocycles. The minimum Gasteiger partial charge on any atom is -0.307 e. The SMILES string of the molecule is Cc1ccc(N(C(=O)Nc2ccccc2)C2=NC[C@@](C)(CBr)S2)cc1. The van der Waals surface area contributed by atoms with Gasteiger partial charge in [0.1, 0.15) is 0 Å². The van der Waals surface area contributed by atoms with Gasteiger partial charge in [-0.25, -0.2) is 9.69 Å². The molecule has 3 rings (SSSR count). The summed E-state index contributed by atoms with van der Waals surface area (Å²) in [7, 11) is 0. The van der Waals surface area contributed by atoms with Crippen LogP contribution in [-0.4, -0.2) is 27.8 Å². The third-order valence-electron chi connectivity index (χ3n) is 3.88. The van der Waals surface area contributed by atoms with Gasteiger partial charge in [-0.1, -0.05) is 63.6 Å². The highest BCUT2D eigenvalue weighted by Crippen LogP contribution is 2.37. The Morgan fingerprint density at radius 3 is 2.52 bits per heavy atom. The molecule has 1 atom stereocenters. The average Bonchev–Trinajstić information content (AvgIpc) is 3.00. The third-order valence-corrected chi connectivity index (χ3v) is 6.75. The first kappa shape index (κ1) is 18.0. The highest BCUT2D eigenvalue weighted by molar-refractivity contribution is 9.09. The van der Waals surface area contributed by atoms with E-state index in [2.05, 4.69) is 33.2 Å². The van der Waals surface area contributed by atoms with Gasteiger partial charge in [0.15, 0.2) is 5.17 Å². The first-order valence-corrected chi connectivity index (χ1v) is 9.97. The summed E-state index contributed by atoms with van der Waals surface area (Å²) in [6.07, 6.45) is 0. The van der Waals surface area contributed by atoms with Gasteiger partial charge in [-0.2, -0.15) is 0 Å². The van der Waals surface area contributed by atoms with Gasteiger partial charge in [-0.05, 0) is 38.1 Å². The number of anilines is 2. The van der Waals surface area contributed by atoms with E-state index in [9.17, 15) is 4.79 Å². The molecule has 0 unspecified atom stereocenters. The van der Waals surface area contributed by atoms with E-state index in [4.69, 9.17) is 0 Å². The van der Waals surface area contributed by atoms with Crippen LogP contribution in [0.15, 0.2) is 59.6 Å². The molecule has 1 N–H and O–H groups in total. The molecule has 1 aliphatic rings. The Bertz CT molecular complexity index is 779. The van der Waals surface area contributed by atoms with Crippen molar-refractivity contribution in [3.8, 4) is 0 Å². The molecule has 0 saturated carbocycles. The van der Waals surface area contributed by atoms with Gasteiger partial charge in [0.2, 0.25) is 0 Å². The second kappa shape index (κ2) is 7.62. The fourth-order valence-corrected chi connectivity index (χ4v) is 3.97. The molecular formula is C19H20BrN3OS. The summed E-state index contributed by atoms with van der Waals surface area (Å²) in [6.45, 7) is 4.85. The lowest BCUT2D eigenvalue weighted by molar-refractivity contribution is 0.259. The number of urea groups is 1. The fourth-order valence-electron chi connectivity index (χ4n) is 2.41. The third kappa shape index (κ3) is 4.25. The van der Waals surface area contributed by atoms with E-state index >= 15 is 0 Å². The number of aliphatic imine (C=N–C) groups is 1. The Hall–Kier alpha value is -1.79. The van der Waals surface area contributed by atoms with Crippen LogP contribution in [0.25, 0.3) is 0 Å². The van der Waals surface area contributed by atoms with Crippen molar-refractivity contribution in [2.75, 3.05) is 22.1 Å². The van der Waals surface area contributed by atoms with Crippen LogP contribution in [0.5, 0.6) is 0 Å². The highest BCUT2D eigenvalue weighted by atomic mass is 79.9. The Kier molecular flexibility index (Phi) is 5.49. The van der Waals surface area contributed by atoms with Crippen molar-refractivity contribution >= 4 is 50.3 Å². The largest absolute Gasteiger partial charge is 0.332 e. The molecule has 0 bridgehead atoms. The standard InChI is InChI=1S/C19H20BrN3OS/c1-14-8-10-16(11-9-14)23(18-21-13-19(2,12-20)25-18)17(24)22-15-6-4-3-5-7-15/h3-11H,12-13H2,1-2H3,(H,22,24)/t19-/m1/s1. The molecule has 2 amide bonds. The van der Waals surface area contributed by atoms with Crippen LogP contribution in [0, 0.1) is 6.92 Å². The smallest absolute Gasteiger partial charge is 0.307 e. The molecule has 1 aliphatic heterocycles. The first-order valence-electron chi connectivity index (χ1n) is 8.03. The van der Waals surface area contributed by atoms with Gasteiger partial charge in [0, 0.05) is 11.0 Å². The number of amides is 2. The monoisotopic (exact) mass is 417 g/mol. The number of benzene rings is 2. The maximum atomic E-state index is 13.0. The zero-order chi connectivity index (χ0) is 17.9. The van der Waals surface area contributed by atoms with E-state index < -0.39 is 0 Å². The Balaban J connectivity index is 1.89. The predicted molar refractivity (Wildman–Crippen MR) is 111 cm³/mol. The van der Waals surface area contributed by atoms with E-state index in [0.717, 1.165) is 27.4 Å². The van der Waals surface area contributed by atoms with Crippen molar-refractivity contribution in [3.63, 3.8) is 0 Å². The summed E-state index contributed by atoms with van der Waals surface area (Å²) in [5.74, 6) is 0. The number of nitrogens with one attached hydrogen (secondary N) is 1. The Morgan fingerprint density at radius 2 is 1.92 bits per heavy atom. The zero-order valence-corrected chi connectivity index (χ0v) is 16.6. The topological polar surface area (TPSA) is 44.7 Å². The van der Waals surface area contributed by atoms with E-state index in [1.807, 2.05) is 61.5 Å². The van der Waals surface area contributed by atoms with Gasteiger partial charge >= 0.3 is 6.03 Å². The number of carbonyl (C=O) groups is 1. The van der Waals surface area contributed by atoms with Crippen molar-refractivity contribution in [1.29, 1.82) is 0 Å². The molecule has 0 aromatic heterocycles. The lowest BCUT2D eigenvalue weighted by Gasteiger charge is -2.25. The van der Waals surface area contributed by atoms with Gasteiger partial charge in [0.25, 0.3) is 0 Å². The van der Waals surface area contributed by atoms with E-state index in [1.54, 1.807) is 16.7 Å². The van der Waals surface area contributed by atoms with Crippen LogP contribution in [0.1, 0.15) is 12.5 Å². The molecule has 0 fully saturated rings. The summed E-state index contributed by atoms with van der Waals surface area (Å²) < 4.78 is -0.0364. The number of halogens is 1. The molecule has 6 heteroatoms. The summed E-state index contributed by atoms with van der Waals surface area (Å²) in [5, 5.41) is 4.50. The summed E-state index contributed by atoms with van der Waals surface area (Å²) in [6, 6.07) is 17.2. The van der Waals surface area contributed by atoms with Crippen molar-refractivity contribution in [3.05, 3.63) is 60.2 Å². The molecule has 2 aromatic carbocycles. The van der Waals surface area contributed by atoms with Crippen molar-refractivity contribution in [2.24, 2.45) is 4.99 Å².